The minimum absolute atomic E-state index is 0.0116. The Morgan fingerprint density at radius 2 is 1.61 bits per heavy atom. The second-order valence-electron chi connectivity index (χ2n) is 7.61. The molecule has 1 atom stereocenters. The Balaban J connectivity index is 1.97. The zero-order chi connectivity index (χ0) is 22.8. The van der Waals surface area contributed by atoms with Crippen LogP contribution >= 0.6 is 15.9 Å². The van der Waals surface area contributed by atoms with Gasteiger partial charge >= 0.3 is 0 Å². The summed E-state index contributed by atoms with van der Waals surface area (Å²) >= 11 is 3.42. The summed E-state index contributed by atoms with van der Waals surface area (Å²) in [5.41, 5.74) is 0.968. The van der Waals surface area contributed by atoms with Gasteiger partial charge < -0.3 is 19.7 Å². The van der Waals surface area contributed by atoms with Crippen molar-refractivity contribution in [3.05, 3.63) is 58.6 Å². The van der Waals surface area contributed by atoms with E-state index < -0.39 is 6.04 Å². The summed E-state index contributed by atoms with van der Waals surface area (Å²) in [6.07, 6.45) is 0.853. The van der Waals surface area contributed by atoms with Gasteiger partial charge in [0.25, 0.3) is 0 Å². The molecule has 0 heterocycles. The van der Waals surface area contributed by atoms with Crippen LogP contribution in [0.2, 0.25) is 0 Å². The number of nitrogens with zero attached hydrogens (tertiary/aromatic N) is 1. The van der Waals surface area contributed by atoms with Gasteiger partial charge in [0.2, 0.25) is 11.8 Å². The maximum atomic E-state index is 13.0. The van der Waals surface area contributed by atoms with Crippen LogP contribution in [0.15, 0.2) is 53.0 Å². The number of benzene rings is 2. The molecule has 0 fully saturated rings. The molecule has 0 radical (unpaired) electrons. The average molecular weight is 491 g/mol. The van der Waals surface area contributed by atoms with Crippen LogP contribution in [-0.4, -0.2) is 42.5 Å². The first-order valence-corrected chi connectivity index (χ1v) is 11.2. The number of nitrogens with one attached hydrogen (secondary N) is 1. The van der Waals surface area contributed by atoms with Gasteiger partial charge in [0, 0.05) is 23.5 Å². The number of methoxy groups -OCH3 is 1. The molecule has 2 amide bonds. The van der Waals surface area contributed by atoms with Crippen molar-refractivity contribution in [1.82, 2.24) is 10.2 Å². The summed E-state index contributed by atoms with van der Waals surface area (Å²) in [5.74, 6) is 1.26. The normalized spacial score (nSPS) is 11.7. The van der Waals surface area contributed by atoms with Crippen LogP contribution in [0.3, 0.4) is 0 Å². The lowest BCUT2D eigenvalue weighted by Crippen LogP contribution is -2.49. The van der Waals surface area contributed by atoms with E-state index in [4.69, 9.17) is 9.47 Å². The van der Waals surface area contributed by atoms with Crippen LogP contribution in [0.1, 0.15) is 39.2 Å². The molecular weight excluding hydrogens is 460 g/mol. The molecule has 0 saturated heterocycles. The summed E-state index contributed by atoms with van der Waals surface area (Å²) in [4.78, 5) is 27.2. The highest BCUT2D eigenvalue weighted by molar-refractivity contribution is 9.10. The number of hydrogen-bond acceptors (Lipinski definition) is 4. The molecule has 31 heavy (non-hydrogen) atoms. The third-order valence-corrected chi connectivity index (χ3v) is 5.26. The van der Waals surface area contributed by atoms with Gasteiger partial charge in [-0.1, -0.05) is 28.1 Å². The number of carbonyl (C=O) groups is 2. The summed E-state index contributed by atoms with van der Waals surface area (Å²) < 4.78 is 11.8. The summed E-state index contributed by atoms with van der Waals surface area (Å²) in [6, 6.07) is 14.5. The van der Waals surface area contributed by atoms with E-state index in [9.17, 15) is 9.59 Å². The Labute approximate surface area is 193 Å². The molecule has 0 unspecified atom stereocenters. The molecule has 0 aliphatic carbocycles. The molecule has 7 heteroatoms. The van der Waals surface area contributed by atoms with E-state index in [1.807, 2.05) is 62.4 Å². The van der Waals surface area contributed by atoms with Gasteiger partial charge in [-0.25, -0.2) is 0 Å². The van der Waals surface area contributed by atoms with Gasteiger partial charge in [0.15, 0.2) is 0 Å². The Kier molecular flexibility index (Phi) is 9.85. The fourth-order valence-electron chi connectivity index (χ4n) is 3.00. The first-order valence-electron chi connectivity index (χ1n) is 10.4. The summed E-state index contributed by atoms with van der Waals surface area (Å²) in [7, 11) is 1.62. The van der Waals surface area contributed by atoms with Crippen molar-refractivity contribution in [2.24, 2.45) is 0 Å². The highest BCUT2D eigenvalue weighted by Crippen LogP contribution is 2.18. The Morgan fingerprint density at radius 1 is 1.00 bits per heavy atom. The Hall–Kier alpha value is -2.54. The van der Waals surface area contributed by atoms with Gasteiger partial charge in [-0.05, 0) is 69.2 Å². The molecule has 0 bridgehead atoms. The van der Waals surface area contributed by atoms with Crippen molar-refractivity contribution in [3.8, 4) is 11.5 Å². The van der Waals surface area contributed by atoms with E-state index >= 15 is 0 Å². The smallest absolute Gasteiger partial charge is 0.242 e. The van der Waals surface area contributed by atoms with E-state index in [1.54, 1.807) is 18.9 Å². The maximum Gasteiger partial charge on any atom is 0.242 e. The van der Waals surface area contributed by atoms with Crippen molar-refractivity contribution in [2.45, 2.75) is 52.2 Å². The van der Waals surface area contributed by atoms with Gasteiger partial charge in [-0.2, -0.15) is 0 Å². The molecule has 2 aromatic carbocycles. The zero-order valence-corrected chi connectivity index (χ0v) is 20.1. The largest absolute Gasteiger partial charge is 0.497 e. The SMILES string of the molecule is COc1ccc(OCCCC(=O)N(Cc2ccc(Br)cc2)[C@@H](C)C(=O)NC(C)C)cc1. The fourth-order valence-corrected chi connectivity index (χ4v) is 3.27. The third-order valence-electron chi connectivity index (χ3n) is 4.73. The first kappa shape index (κ1) is 24.7. The number of carbonyl (C=O) groups excluding carboxylic acids is 2. The molecular formula is C24H31BrN2O4. The molecule has 0 aliphatic heterocycles. The maximum absolute atomic E-state index is 13.0. The van der Waals surface area contributed by atoms with Crippen molar-refractivity contribution >= 4 is 27.7 Å². The van der Waals surface area contributed by atoms with Gasteiger partial charge in [0.1, 0.15) is 17.5 Å². The van der Waals surface area contributed by atoms with Crippen molar-refractivity contribution in [1.29, 1.82) is 0 Å². The minimum Gasteiger partial charge on any atom is -0.497 e. The monoisotopic (exact) mass is 490 g/mol. The number of halogens is 1. The fraction of sp³-hybridized carbons (Fsp3) is 0.417. The van der Waals surface area contributed by atoms with Crippen molar-refractivity contribution in [3.63, 3.8) is 0 Å². The zero-order valence-electron chi connectivity index (χ0n) is 18.6. The van der Waals surface area contributed by atoms with E-state index in [0.29, 0.717) is 26.0 Å². The topological polar surface area (TPSA) is 67.9 Å². The van der Waals surface area contributed by atoms with E-state index in [2.05, 4.69) is 21.2 Å². The average Bonchev–Trinajstić information content (AvgIpc) is 2.75. The van der Waals surface area contributed by atoms with Gasteiger partial charge in [-0.15, -0.1) is 0 Å². The lowest BCUT2D eigenvalue weighted by molar-refractivity contribution is -0.141. The standard InChI is InChI=1S/C24H31BrN2O4/c1-17(2)26-24(29)18(3)27(16-19-7-9-20(25)10-8-19)23(28)6-5-15-31-22-13-11-21(30-4)12-14-22/h7-14,17-18H,5-6,15-16H2,1-4H3,(H,26,29)/t18-/m0/s1. The Morgan fingerprint density at radius 3 is 2.19 bits per heavy atom. The van der Waals surface area contributed by atoms with Crippen LogP contribution in [-0.2, 0) is 16.1 Å². The number of amides is 2. The number of ether oxygens (including phenoxy) is 2. The van der Waals surface area contributed by atoms with Crippen molar-refractivity contribution in [2.75, 3.05) is 13.7 Å². The molecule has 2 rings (SSSR count). The molecule has 0 spiro atoms. The van der Waals surface area contributed by atoms with Crippen LogP contribution in [0.5, 0.6) is 11.5 Å². The number of hydrogen-bond donors (Lipinski definition) is 1. The van der Waals surface area contributed by atoms with Gasteiger partial charge in [0.05, 0.1) is 13.7 Å². The van der Waals surface area contributed by atoms with Crippen LogP contribution in [0.4, 0.5) is 0 Å². The lowest BCUT2D eigenvalue weighted by atomic mass is 10.1. The summed E-state index contributed by atoms with van der Waals surface area (Å²) in [5, 5.41) is 2.90. The molecule has 0 aromatic heterocycles. The molecule has 6 nitrogen and oxygen atoms in total. The second kappa shape index (κ2) is 12.3. The van der Waals surface area contributed by atoms with Crippen molar-refractivity contribution < 1.29 is 19.1 Å². The predicted molar refractivity (Wildman–Crippen MR) is 125 cm³/mol. The number of rotatable bonds is 11. The van der Waals surface area contributed by atoms with Crippen LogP contribution in [0, 0.1) is 0 Å². The quantitative estimate of drug-likeness (QED) is 0.468. The molecule has 1 N–H and O–H groups in total. The minimum atomic E-state index is -0.568. The molecule has 0 aliphatic rings. The first-order chi connectivity index (χ1) is 14.8. The predicted octanol–water partition coefficient (Wildman–Crippen LogP) is 4.56. The van der Waals surface area contributed by atoms with Gasteiger partial charge in [-0.3, -0.25) is 9.59 Å². The highest BCUT2D eigenvalue weighted by Gasteiger charge is 2.26. The molecule has 0 saturated carbocycles. The highest BCUT2D eigenvalue weighted by atomic mass is 79.9. The summed E-state index contributed by atoms with van der Waals surface area (Å²) in [6.45, 7) is 6.36. The van der Waals surface area contributed by atoms with E-state index in [0.717, 1.165) is 21.5 Å². The Bertz CT molecular complexity index is 838. The van der Waals surface area contributed by atoms with Crippen LogP contribution in [0.25, 0.3) is 0 Å². The van der Waals surface area contributed by atoms with E-state index in [-0.39, 0.29) is 17.9 Å². The van der Waals surface area contributed by atoms with Crippen LogP contribution < -0.4 is 14.8 Å². The third kappa shape index (κ3) is 8.25. The molecule has 168 valence electrons. The lowest BCUT2D eigenvalue weighted by Gasteiger charge is -2.29. The molecule has 2 aromatic rings. The van der Waals surface area contributed by atoms with E-state index in [1.165, 1.54) is 0 Å². The second-order valence-corrected chi connectivity index (χ2v) is 8.53.